The fourth-order valence-electron chi connectivity index (χ4n) is 2.41. The number of methoxy groups -OCH3 is 1. The number of ether oxygens (including phenoxy) is 2. The topological polar surface area (TPSA) is 74.4 Å². The van der Waals surface area contributed by atoms with Crippen LogP contribution in [0.2, 0.25) is 0 Å². The predicted molar refractivity (Wildman–Crippen MR) is 85.3 cm³/mol. The minimum absolute atomic E-state index is 0.119. The Morgan fingerprint density at radius 2 is 2.14 bits per heavy atom. The fourth-order valence-corrected chi connectivity index (χ4v) is 3.16. The molecule has 0 bridgehead atoms. The second-order valence-electron chi connectivity index (χ2n) is 5.49. The first-order chi connectivity index (χ1) is 10.5. The standard InChI is InChI=1S/C16H18N2O3S/c1-9-8-18-15(22-9)10-3-11(16(19)20-2)5-13(4-10)21-14-6-12(17)7-14/h3-5,8,12,14H,6-7,17H2,1-2H3. The van der Waals surface area contributed by atoms with Gasteiger partial charge in [0.25, 0.3) is 0 Å². The van der Waals surface area contributed by atoms with Gasteiger partial charge in [0.1, 0.15) is 16.9 Å². The zero-order valence-electron chi connectivity index (χ0n) is 12.5. The van der Waals surface area contributed by atoms with Crippen LogP contribution in [-0.2, 0) is 4.74 Å². The molecule has 6 heteroatoms. The molecule has 22 heavy (non-hydrogen) atoms. The fraction of sp³-hybridized carbons (Fsp3) is 0.375. The van der Waals surface area contributed by atoms with E-state index in [1.165, 1.54) is 7.11 Å². The molecular weight excluding hydrogens is 300 g/mol. The molecule has 0 aliphatic heterocycles. The Labute approximate surface area is 133 Å². The summed E-state index contributed by atoms with van der Waals surface area (Å²) in [5, 5.41) is 0.860. The molecule has 0 saturated heterocycles. The van der Waals surface area contributed by atoms with Gasteiger partial charge in [-0.05, 0) is 38.0 Å². The monoisotopic (exact) mass is 318 g/mol. The number of carbonyl (C=O) groups is 1. The molecular formula is C16H18N2O3S. The first-order valence-electron chi connectivity index (χ1n) is 7.13. The van der Waals surface area contributed by atoms with E-state index in [0.29, 0.717) is 11.3 Å². The number of nitrogens with two attached hydrogens (primary N) is 1. The summed E-state index contributed by atoms with van der Waals surface area (Å²) in [6.45, 7) is 2.00. The van der Waals surface area contributed by atoms with Crippen molar-refractivity contribution in [2.75, 3.05) is 7.11 Å². The molecule has 2 aromatic rings. The van der Waals surface area contributed by atoms with Crippen LogP contribution in [0.4, 0.5) is 0 Å². The summed E-state index contributed by atoms with van der Waals surface area (Å²) in [7, 11) is 1.37. The summed E-state index contributed by atoms with van der Waals surface area (Å²) in [4.78, 5) is 17.3. The van der Waals surface area contributed by atoms with Crippen molar-refractivity contribution in [3.8, 4) is 16.3 Å². The van der Waals surface area contributed by atoms with Crippen molar-refractivity contribution in [1.29, 1.82) is 0 Å². The van der Waals surface area contributed by atoms with E-state index >= 15 is 0 Å². The van der Waals surface area contributed by atoms with Crippen LogP contribution in [0.5, 0.6) is 5.75 Å². The Morgan fingerprint density at radius 1 is 1.36 bits per heavy atom. The highest BCUT2D eigenvalue weighted by Gasteiger charge is 2.28. The van der Waals surface area contributed by atoms with Gasteiger partial charge in [-0.25, -0.2) is 9.78 Å². The minimum Gasteiger partial charge on any atom is -0.490 e. The zero-order chi connectivity index (χ0) is 15.7. The van der Waals surface area contributed by atoms with E-state index in [1.54, 1.807) is 23.5 Å². The van der Waals surface area contributed by atoms with E-state index in [9.17, 15) is 4.79 Å². The van der Waals surface area contributed by atoms with Gasteiger partial charge in [0.15, 0.2) is 0 Å². The third-order valence-electron chi connectivity index (χ3n) is 3.63. The molecule has 116 valence electrons. The molecule has 0 unspecified atom stereocenters. The van der Waals surface area contributed by atoms with E-state index < -0.39 is 0 Å². The molecule has 5 nitrogen and oxygen atoms in total. The summed E-state index contributed by atoms with van der Waals surface area (Å²) in [6.07, 6.45) is 3.62. The van der Waals surface area contributed by atoms with Gasteiger partial charge >= 0.3 is 5.97 Å². The number of hydrogen-bond acceptors (Lipinski definition) is 6. The number of hydrogen-bond donors (Lipinski definition) is 1. The van der Waals surface area contributed by atoms with Crippen LogP contribution in [0.25, 0.3) is 10.6 Å². The Morgan fingerprint density at radius 3 is 2.73 bits per heavy atom. The van der Waals surface area contributed by atoms with Crippen molar-refractivity contribution in [3.05, 3.63) is 34.8 Å². The van der Waals surface area contributed by atoms with Gasteiger partial charge in [0.2, 0.25) is 0 Å². The van der Waals surface area contributed by atoms with Crippen molar-refractivity contribution in [3.63, 3.8) is 0 Å². The van der Waals surface area contributed by atoms with Crippen molar-refractivity contribution < 1.29 is 14.3 Å². The third kappa shape index (κ3) is 3.13. The van der Waals surface area contributed by atoms with Crippen molar-refractivity contribution in [1.82, 2.24) is 4.98 Å². The van der Waals surface area contributed by atoms with E-state index in [1.807, 2.05) is 19.2 Å². The van der Waals surface area contributed by atoms with Gasteiger partial charge in [0.05, 0.1) is 12.7 Å². The Bertz CT molecular complexity index is 692. The maximum absolute atomic E-state index is 11.9. The molecule has 1 heterocycles. The van der Waals surface area contributed by atoms with E-state index in [4.69, 9.17) is 15.2 Å². The summed E-state index contributed by atoms with van der Waals surface area (Å²) >= 11 is 1.58. The molecule has 1 saturated carbocycles. The summed E-state index contributed by atoms with van der Waals surface area (Å²) < 4.78 is 10.7. The van der Waals surface area contributed by atoms with Crippen LogP contribution >= 0.6 is 11.3 Å². The highest BCUT2D eigenvalue weighted by atomic mass is 32.1. The number of esters is 1. The largest absolute Gasteiger partial charge is 0.490 e. The number of aryl methyl sites for hydroxylation is 1. The number of nitrogens with zero attached hydrogens (tertiary/aromatic N) is 1. The molecule has 1 aromatic carbocycles. The smallest absolute Gasteiger partial charge is 0.338 e. The van der Waals surface area contributed by atoms with Crippen LogP contribution in [0.1, 0.15) is 28.1 Å². The maximum atomic E-state index is 11.9. The number of thiazole rings is 1. The maximum Gasteiger partial charge on any atom is 0.338 e. The van der Waals surface area contributed by atoms with E-state index in [-0.39, 0.29) is 18.1 Å². The first kappa shape index (κ1) is 15.0. The minimum atomic E-state index is -0.384. The molecule has 0 radical (unpaired) electrons. The highest BCUT2D eigenvalue weighted by molar-refractivity contribution is 7.14. The SMILES string of the molecule is COC(=O)c1cc(OC2CC(N)C2)cc(-c2ncc(C)s2)c1. The van der Waals surface area contributed by atoms with Crippen LogP contribution in [-0.4, -0.2) is 30.2 Å². The molecule has 1 fully saturated rings. The predicted octanol–water partition coefficient (Wildman–Crippen LogP) is 2.77. The van der Waals surface area contributed by atoms with Crippen molar-refractivity contribution in [2.24, 2.45) is 5.73 Å². The normalized spacial score (nSPS) is 20.3. The summed E-state index contributed by atoms with van der Waals surface area (Å²) in [6, 6.07) is 5.62. The number of rotatable bonds is 4. The third-order valence-corrected chi connectivity index (χ3v) is 4.59. The first-order valence-corrected chi connectivity index (χ1v) is 7.95. The average molecular weight is 318 g/mol. The van der Waals surface area contributed by atoms with Crippen molar-refractivity contribution >= 4 is 17.3 Å². The molecule has 0 spiro atoms. The molecule has 1 aliphatic carbocycles. The van der Waals surface area contributed by atoms with Gasteiger partial charge < -0.3 is 15.2 Å². The van der Waals surface area contributed by atoms with Crippen molar-refractivity contribution in [2.45, 2.75) is 31.9 Å². The lowest BCUT2D eigenvalue weighted by Crippen LogP contribution is -2.43. The number of carbonyl (C=O) groups excluding carboxylic acids is 1. The van der Waals surface area contributed by atoms with Crippen LogP contribution in [0.15, 0.2) is 24.4 Å². The van der Waals surface area contributed by atoms with Gasteiger partial charge in [-0.2, -0.15) is 0 Å². The molecule has 1 aromatic heterocycles. The van der Waals surface area contributed by atoms with Crippen LogP contribution in [0, 0.1) is 6.92 Å². The lowest BCUT2D eigenvalue weighted by Gasteiger charge is -2.32. The molecule has 3 rings (SSSR count). The Kier molecular flexibility index (Phi) is 4.13. The zero-order valence-corrected chi connectivity index (χ0v) is 13.4. The van der Waals surface area contributed by atoms with Gasteiger partial charge in [0, 0.05) is 22.7 Å². The van der Waals surface area contributed by atoms with Gasteiger partial charge in [-0.15, -0.1) is 11.3 Å². The van der Waals surface area contributed by atoms with Crippen LogP contribution in [0.3, 0.4) is 0 Å². The molecule has 1 aliphatic rings. The second-order valence-corrected chi connectivity index (χ2v) is 6.72. The number of benzene rings is 1. The van der Waals surface area contributed by atoms with Gasteiger partial charge in [-0.3, -0.25) is 0 Å². The molecule has 2 N–H and O–H groups in total. The quantitative estimate of drug-likeness (QED) is 0.877. The van der Waals surface area contributed by atoms with Gasteiger partial charge in [-0.1, -0.05) is 0 Å². The average Bonchev–Trinajstić information content (AvgIpc) is 2.91. The second kappa shape index (κ2) is 6.06. The summed E-state index contributed by atoms with van der Waals surface area (Å²) in [5.74, 6) is 0.271. The number of aromatic nitrogens is 1. The van der Waals surface area contributed by atoms with E-state index in [2.05, 4.69) is 4.98 Å². The molecule has 0 atom stereocenters. The highest BCUT2D eigenvalue weighted by Crippen LogP contribution is 2.32. The lowest BCUT2D eigenvalue weighted by molar-refractivity contribution is 0.0598. The Hall–Kier alpha value is -1.92. The summed E-state index contributed by atoms with van der Waals surface area (Å²) in [5.41, 5.74) is 7.11. The van der Waals surface area contributed by atoms with E-state index in [0.717, 1.165) is 28.3 Å². The molecule has 0 amide bonds. The van der Waals surface area contributed by atoms with Crippen LogP contribution < -0.4 is 10.5 Å². The Balaban J connectivity index is 1.92. The lowest BCUT2D eigenvalue weighted by atomic mass is 9.90.